The van der Waals surface area contributed by atoms with Crippen molar-refractivity contribution in [2.75, 3.05) is 10.6 Å². The molecule has 0 bridgehead atoms. The lowest BCUT2D eigenvalue weighted by atomic mass is 10.1. The normalized spacial score (nSPS) is 12.9. The molecule has 0 amide bonds. The molecule has 0 radical (unpaired) electrons. The fourth-order valence-corrected chi connectivity index (χ4v) is 2.96. The predicted molar refractivity (Wildman–Crippen MR) is 79.4 cm³/mol. The molecule has 0 unspecified atom stereocenters. The average molecular weight is 312 g/mol. The largest absolute Gasteiger partial charge is 0.387 e. The maximum atomic E-state index is 12.2. The average Bonchev–Trinajstić information content (AvgIpc) is 2.47. The van der Waals surface area contributed by atoms with Crippen LogP contribution in [0.15, 0.2) is 59.5 Å². The summed E-state index contributed by atoms with van der Waals surface area (Å²) in [5.74, 6) is 0.0505. The third kappa shape index (κ3) is 3.50. The van der Waals surface area contributed by atoms with Crippen molar-refractivity contribution in [3.05, 3.63) is 60.2 Å². The lowest BCUT2D eigenvalue weighted by molar-refractivity contribution is 0.203. The Balaban J connectivity index is 2.26. The maximum Gasteiger partial charge on any atom is 0.261 e. The van der Waals surface area contributed by atoms with E-state index in [1.807, 2.05) is 0 Å². The van der Waals surface area contributed by atoms with Gasteiger partial charge in [0, 0.05) is 5.69 Å². The van der Waals surface area contributed by atoms with E-state index in [0.717, 1.165) is 0 Å². The summed E-state index contributed by atoms with van der Waals surface area (Å²) in [5.41, 5.74) is 0.948. The Kier molecular flexibility index (Phi) is 4.65. The van der Waals surface area contributed by atoms with E-state index in [-0.39, 0.29) is 10.8 Å². The van der Waals surface area contributed by atoms with Crippen LogP contribution < -0.4 is 4.72 Å². The van der Waals surface area contributed by atoms with Gasteiger partial charge in [0.05, 0.1) is 16.9 Å². The zero-order valence-electron chi connectivity index (χ0n) is 10.5. The molecule has 0 saturated carbocycles. The summed E-state index contributed by atoms with van der Waals surface area (Å²) in [5, 5.41) is 9.66. The molecule has 2 aromatic carbocycles. The molecule has 0 aliphatic heterocycles. The summed E-state index contributed by atoms with van der Waals surface area (Å²) in [4.78, 5) is 0.184. The first-order valence-corrected chi connectivity index (χ1v) is 7.96. The van der Waals surface area contributed by atoms with Crippen LogP contribution in [0.2, 0.25) is 0 Å². The van der Waals surface area contributed by atoms with Crippen molar-refractivity contribution in [3.8, 4) is 0 Å². The minimum atomic E-state index is -3.63. The highest BCUT2D eigenvalue weighted by atomic mass is 35.5. The standard InChI is InChI=1S/C14H14ClNO3S/c15-10-14(17)11-5-4-6-12(9-11)16-20(18,19)13-7-2-1-3-8-13/h1-9,14,16-17H,10H2/t14-/m0/s1. The highest BCUT2D eigenvalue weighted by Gasteiger charge is 2.14. The molecule has 0 aromatic heterocycles. The number of nitrogens with one attached hydrogen (secondary N) is 1. The van der Waals surface area contributed by atoms with Crippen LogP contribution in [-0.4, -0.2) is 19.4 Å². The fourth-order valence-electron chi connectivity index (χ4n) is 1.71. The van der Waals surface area contributed by atoms with Gasteiger partial charge < -0.3 is 5.11 Å². The summed E-state index contributed by atoms with van der Waals surface area (Å²) in [6, 6.07) is 14.6. The van der Waals surface area contributed by atoms with E-state index >= 15 is 0 Å². The van der Waals surface area contributed by atoms with Crippen molar-refractivity contribution < 1.29 is 13.5 Å². The number of hydrogen-bond acceptors (Lipinski definition) is 3. The molecule has 1 atom stereocenters. The number of aliphatic hydroxyl groups is 1. The van der Waals surface area contributed by atoms with E-state index in [1.165, 1.54) is 12.1 Å². The molecule has 0 heterocycles. The fraction of sp³-hybridized carbons (Fsp3) is 0.143. The Bertz CT molecular complexity index is 674. The van der Waals surface area contributed by atoms with Crippen molar-refractivity contribution in [2.24, 2.45) is 0 Å². The topological polar surface area (TPSA) is 66.4 Å². The third-order valence-corrected chi connectivity index (χ3v) is 4.41. The second-order valence-corrected chi connectivity index (χ2v) is 6.21. The Morgan fingerprint density at radius 3 is 2.45 bits per heavy atom. The first-order chi connectivity index (χ1) is 9.53. The molecule has 4 nitrogen and oxygen atoms in total. The second kappa shape index (κ2) is 6.26. The lowest BCUT2D eigenvalue weighted by Crippen LogP contribution is -2.13. The van der Waals surface area contributed by atoms with Gasteiger partial charge in [-0.25, -0.2) is 8.42 Å². The molecule has 0 saturated heterocycles. The van der Waals surface area contributed by atoms with Gasteiger partial charge in [-0.3, -0.25) is 4.72 Å². The van der Waals surface area contributed by atoms with Crippen molar-refractivity contribution >= 4 is 27.3 Å². The molecule has 0 spiro atoms. The maximum absolute atomic E-state index is 12.2. The molecule has 2 N–H and O–H groups in total. The van der Waals surface area contributed by atoms with Crippen molar-refractivity contribution in [1.29, 1.82) is 0 Å². The zero-order valence-corrected chi connectivity index (χ0v) is 12.1. The number of hydrogen-bond donors (Lipinski definition) is 2. The Labute approximate surface area is 123 Å². The summed E-state index contributed by atoms with van der Waals surface area (Å²) in [7, 11) is -3.63. The van der Waals surface area contributed by atoms with Gasteiger partial charge in [-0.15, -0.1) is 11.6 Å². The lowest BCUT2D eigenvalue weighted by Gasteiger charge is -2.11. The Hall–Kier alpha value is -1.56. The van der Waals surface area contributed by atoms with E-state index in [0.29, 0.717) is 11.3 Å². The number of anilines is 1. The SMILES string of the molecule is O=S(=O)(Nc1cccc([C@@H](O)CCl)c1)c1ccccc1. The zero-order chi connectivity index (χ0) is 14.6. The number of rotatable bonds is 5. The van der Waals surface area contributed by atoms with Crippen LogP contribution in [-0.2, 0) is 10.0 Å². The van der Waals surface area contributed by atoms with Crippen molar-refractivity contribution in [3.63, 3.8) is 0 Å². The first-order valence-electron chi connectivity index (χ1n) is 5.95. The van der Waals surface area contributed by atoms with Gasteiger partial charge >= 0.3 is 0 Å². The number of halogens is 1. The summed E-state index contributed by atoms with van der Waals surface area (Å²) in [6.45, 7) is 0. The highest BCUT2D eigenvalue weighted by molar-refractivity contribution is 7.92. The summed E-state index contributed by atoms with van der Waals surface area (Å²) < 4.78 is 26.8. The van der Waals surface area contributed by atoms with Crippen LogP contribution in [0.25, 0.3) is 0 Å². The van der Waals surface area contributed by atoms with Crippen LogP contribution in [0.1, 0.15) is 11.7 Å². The van der Waals surface area contributed by atoms with Gasteiger partial charge in [-0.05, 0) is 29.8 Å². The molecule has 0 aliphatic carbocycles. The number of sulfonamides is 1. The van der Waals surface area contributed by atoms with Crippen LogP contribution >= 0.6 is 11.6 Å². The van der Waals surface area contributed by atoms with E-state index in [1.54, 1.807) is 42.5 Å². The van der Waals surface area contributed by atoms with Crippen LogP contribution in [0.3, 0.4) is 0 Å². The van der Waals surface area contributed by atoms with Gasteiger partial charge in [0.1, 0.15) is 0 Å². The van der Waals surface area contributed by atoms with Crippen molar-refractivity contribution in [1.82, 2.24) is 0 Å². The Morgan fingerprint density at radius 2 is 1.80 bits per heavy atom. The molecule has 20 heavy (non-hydrogen) atoms. The second-order valence-electron chi connectivity index (χ2n) is 4.21. The van der Waals surface area contributed by atoms with E-state index in [9.17, 15) is 13.5 Å². The quantitative estimate of drug-likeness (QED) is 0.834. The smallest absolute Gasteiger partial charge is 0.261 e. The molecule has 0 fully saturated rings. The van der Waals surface area contributed by atoms with Gasteiger partial charge in [-0.2, -0.15) is 0 Å². The Morgan fingerprint density at radius 1 is 1.10 bits per heavy atom. The van der Waals surface area contributed by atoms with Gasteiger partial charge in [0.2, 0.25) is 0 Å². The van der Waals surface area contributed by atoms with E-state index in [4.69, 9.17) is 11.6 Å². The molecule has 0 aliphatic rings. The minimum absolute atomic E-state index is 0.0505. The predicted octanol–water partition coefficient (Wildman–Crippen LogP) is 2.76. The molecule has 2 rings (SSSR count). The monoisotopic (exact) mass is 311 g/mol. The summed E-state index contributed by atoms with van der Waals surface area (Å²) in [6.07, 6.45) is -0.821. The number of alkyl halides is 1. The van der Waals surface area contributed by atoms with Crippen LogP contribution in [0.5, 0.6) is 0 Å². The van der Waals surface area contributed by atoms with Crippen molar-refractivity contribution in [2.45, 2.75) is 11.0 Å². The minimum Gasteiger partial charge on any atom is -0.387 e. The first kappa shape index (κ1) is 14.8. The van der Waals surface area contributed by atoms with Gasteiger partial charge in [0.15, 0.2) is 0 Å². The summed E-state index contributed by atoms with van der Waals surface area (Å²) >= 11 is 5.58. The molecule has 106 valence electrons. The molecular weight excluding hydrogens is 298 g/mol. The van der Waals surface area contributed by atoms with E-state index in [2.05, 4.69) is 4.72 Å². The highest BCUT2D eigenvalue weighted by Crippen LogP contribution is 2.21. The van der Waals surface area contributed by atoms with Gasteiger partial charge in [-0.1, -0.05) is 30.3 Å². The molecule has 2 aromatic rings. The number of aliphatic hydroxyl groups excluding tert-OH is 1. The third-order valence-electron chi connectivity index (χ3n) is 2.72. The molecular formula is C14H14ClNO3S. The molecule has 6 heteroatoms. The van der Waals surface area contributed by atoms with Gasteiger partial charge in [0.25, 0.3) is 10.0 Å². The van der Waals surface area contributed by atoms with Crippen LogP contribution in [0, 0.1) is 0 Å². The van der Waals surface area contributed by atoms with E-state index < -0.39 is 16.1 Å². The van der Waals surface area contributed by atoms with Crippen LogP contribution in [0.4, 0.5) is 5.69 Å². The number of benzene rings is 2.